The van der Waals surface area contributed by atoms with Gasteiger partial charge < -0.3 is 5.32 Å². The van der Waals surface area contributed by atoms with Gasteiger partial charge in [0.05, 0.1) is 12.5 Å². The Morgan fingerprint density at radius 1 is 1.00 bits per heavy atom. The molecule has 0 unspecified atom stereocenters. The van der Waals surface area contributed by atoms with Gasteiger partial charge in [-0.25, -0.2) is 4.98 Å². The molecule has 4 nitrogen and oxygen atoms in total. The number of thiophene rings is 1. The Morgan fingerprint density at radius 3 is 2.80 bits per heavy atom. The summed E-state index contributed by atoms with van der Waals surface area (Å²) in [6.45, 7) is 0.657. The molecule has 0 saturated carbocycles. The zero-order chi connectivity index (χ0) is 23.6. The molecule has 1 aliphatic rings. The number of nitrogens with one attached hydrogen (secondary N) is 1. The van der Waals surface area contributed by atoms with Crippen LogP contribution in [0.25, 0.3) is 37.0 Å². The minimum Gasteiger partial charge on any atom is -0.350 e. The van der Waals surface area contributed by atoms with Crippen molar-refractivity contribution in [3.8, 4) is 16.8 Å². The van der Waals surface area contributed by atoms with Crippen LogP contribution < -0.4 is 5.32 Å². The molecule has 2 aromatic heterocycles. The second kappa shape index (κ2) is 9.51. The molecule has 1 aliphatic carbocycles. The Kier molecular flexibility index (Phi) is 5.93. The first-order chi connectivity index (χ1) is 17.3. The monoisotopic (exact) mass is 477 g/mol. The Labute approximate surface area is 208 Å². The molecule has 6 rings (SSSR count). The lowest BCUT2D eigenvalue weighted by Crippen LogP contribution is -2.26. The number of amides is 1. The molecule has 5 heteroatoms. The Balaban J connectivity index is 1.28. The van der Waals surface area contributed by atoms with Gasteiger partial charge in [0.15, 0.2) is 0 Å². The van der Waals surface area contributed by atoms with Gasteiger partial charge in [-0.15, -0.1) is 11.3 Å². The third-order valence-electron chi connectivity index (χ3n) is 6.83. The van der Waals surface area contributed by atoms with Gasteiger partial charge in [-0.1, -0.05) is 60.2 Å². The summed E-state index contributed by atoms with van der Waals surface area (Å²) in [5.74, 6) is -0.0871. The number of benzene rings is 3. The maximum Gasteiger partial charge on any atom is 0.269 e. The highest BCUT2D eigenvalue weighted by Gasteiger charge is 2.15. The highest BCUT2D eigenvalue weighted by Crippen LogP contribution is 2.40. The number of hydrogen-bond donors (Lipinski definition) is 1. The lowest BCUT2D eigenvalue weighted by Gasteiger charge is -2.14. The largest absolute Gasteiger partial charge is 0.350 e. The normalized spacial score (nSPS) is 13.8. The van der Waals surface area contributed by atoms with Crippen LogP contribution in [0.4, 0.5) is 0 Å². The Hall–Kier alpha value is -3.70. The van der Waals surface area contributed by atoms with Crippen molar-refractivity contribution < 1.29 is 4.79 Å². The number of imidazole rings is 1. The van der Waals surface area contributed by atoms with Gasteiger partial charge in [0.25, 0.3) is 5.91 Å². The third kappa shape index (κ3) is 4.28. The molecule has 0 saturated heterocycles. The van der Waals surface area contributed by atoms with Crippen molar-refractivity contribution in [1.82, 2.24) is 14.9 Å². The summed E-state index contributed by atoms with van der Waals surface area (Å²) in [5.41, 5.74) is 5.28. The molecule has 0 bridgehead atoms. The van der Waals surface area contributed by atoms with Crippen LogP contribution in [-0.2, 0) is 0 Å². The van der Waals surface area contributed by atoms with Crippen molar-refractivity contribution in [2.45, 2.75) is 32.1 Å². The fourth-order valence-electron chi connectivity index (χ4n) is 5.03. The zero-order valence-corrected chi connectivity index (χ0v) is 20.4. The number of allylic oxidation sites excluding steroid dienone is 1. The first-order valence-electron chi connectivity index (χ1n) is 12.3. The quantitative estimate of drug-likeness (QED) is 0.257. The minimum absolute atomic E-state index is 0.0871. The first kappa shape index (κ1) is 21.8. The predicted molar refractivity (Wildman–Crippen MR) is 145 cm³/mol. The van der Waals surface area contributed by atoms with E-state index in [0.717, 1.165) is 24.1 Å². The molecule has 35 heavy (non-hydrogen) atoms. The van der Waals surface area contributed by atoms with Gasteiger partial charge in [0, 0.05) is 32.4 Å². The van der Waals surface area contributed by atoms with Gasteiger partial charge >= 0.3 is 0 Å². The molecule has 0 atom stereocenters. The van der Waals surface area contributed by atoms with E-state index in [-0.39, 0.29) is 5.91 Å². The predicted octanol–water partition coefficient (Wildman–Crippen LogP) is 7.53. The number of rotatable bonds is 6. The molecule has 3 aromatic carbocycles. The summed E-state index contributed by atoms with van der Waals surface area (Å²) in [6, 6.07) is 23.4. The van der Waals surface area contributed by atoms with E-state index in [1.54, 1.807) is 12.5 Å². The second-order valence-electron chi connectivity index (χ2n) is 9.09. The van der Waals surface area contributed by atoms with E-state index >= 15 is 0 Å². The van der Waals surface area contributed by atoms with Gasteiger partial charge in [0.1, 0.15) is 5.69 Å². The Morgan fingerprint density at radius 2 is 1.89 bits per heavy atom. The summed E-state index contributed by atoms with van der Waals surface area (Å²) < 4.78 is 4.46. The van der Waals surface area contributed by atoms with Crippen molar-refractivity contribution in [3.63, 3.8) is 0 Å². The van der Waals surface area contributed by atoms with E-state index in [1.165, 1.54) is 50.6 Å². The lowest BCUT2D eigenvalue weighted by molar-refractivity contribution is 0.0947. The molecule has 0 aliphatic heterocycles. The molecule has 174 valence electrons. The molecule has 0 spiro atoms. The maximum atomic E-state index is 13.0. The number of aromatic nitrogens is 2. The number of fused-ring (bicyclic) bond motifs is 3. The SMILES string of the molecule is O=C(NCCC1=CCCCC1)c1cncn1-c1cccc(-c2cccc3c2sc2ccccc23)c1. The fourth-order valence-corrected chi connectivity index (χ4v) is 6.26. The molecule has 2 heterocycles. The van der Waals surface area contributed by atoms with Gasteiger partial charge in [-0.2, -0.15) is 0 Å². The average Bonchev–Trinajstić information content (AvgIpc) is 3.55. The lowest BCUT2D eigenvalue weighted by atomic mass is 9.97. The van der Waals surface area contributed by atoms with E-state index in [1.807, 2.05) is 28.0 Å². The van der Waals surface area contributed by atoms with Crippen molar-refractivity contribution in [2.24, 2.45) is 0 Å². The maximum absolute atomic E-state index is 13.0. The van der Waals surface area contributed by atoms with E-state index < -0.39 is 0 Å². The average molecular weight is 478 g/mol. The second-order valence-corrected chi connectivity index (χ2v) is 10.1. The van der Waals surface area contributed by atoms with Gasteiger partial charge in [0.2, 0.25) is 0 Å². The number of carbonyl (C=O) groups excluding carboxylic acids is 1. The summed E-state index contributed by atoms with van der Waals surface area (Å²) in [4.78, 5) is 17.3. The van der Waals surface area contributed by atoms with Crippen LogP contribution in [0.5, 0.6) is 0 Å². The van der Waals surface area contributed by atoms with E-state index in [9.17, 15) is 4.79 Å². The molecule has 1 N–H and O–H groups in total. The summed E-state index contributed by atoms with van der Waals surface area (Å²) in [7, 11) is 0. The highest BCUT2D eigenvalue weighted by molar-refractivity contribution is 7.26. The topological polar surface area (TPSA) is 46.9 Å². The number of carbonyl (C=O) groups is 1. The van der Waals surface area contributed by atoms with E-state index in [4.69, 9.17) is 0 Å². The molecule has 0 fully saturated rings. The van der Waals surface area contributed by atoms with Crippen LogP contribution >= 0.6 is 11.3 Å². The van der Waals surface area contributed by atoms with Crippen LogP contribution in [0.3, 0.4) is 0 Å². The number of nitrogens with zero attached hydrogens (tertiary/aromatic N) is 2. The molecule has 5 aromatic rings. The van der Waals surface area contributed by atoms with Crippen LogP contribution in [0.15, 0.2) is 90.9 Å². The third-order valence-corrected chi connectivity index (χ3v) is 8.05. The summed E-state index contributed by atoms with van der Waals surface area (Å²) in [5, 5.41) is 5.67. The van der Waals surface area contributed by atoms with Crippen LogP contribution in [-0.4, -0.2) is 22.0 Å². The fraction of sp³-hybridized carbons (Fsp3) is 0.200. The molecular formula is C30H27N3OS. The molecule has 0 radical (unpaired) electrons. The van der Waals surface area contributed by atoms with Gasteiger partial charge in [-0.05, 0) is 61.4 Å². The van der Waals surface area contributed by atoms with Crippen LogP contribution in [0.1, 0.15) is 42.6 Å². The first-order valence-corrected chi connectivity index (χ1v) is 13.1. The number of hydrogen-bond acceptors (Lipinski definition) is 3. The zero-order valence-electron chi connectivity index (χ0n) is 19.5. The molecule has 1 amide bonds. The Bertz CT molecular complexity index is 1560. The van der Waals surface area contributed by atoms with Crippen LogP contribution in [0, 0.1) is 0 Å². The van der Waals surface area contributed by atoms with E-state index in [0.29, 0.717) is 12.2 Å². The van der Waals surface area contributed by atoms with Crippen molar-refractivity contribution >= 4 is 37.4 Å². The highest BCUT2D eigenvalue weighted by atomic mass is 32.1. The van der Waals surface area contributed by atoms with Gasteiger partial charge in [-0.3, -0.25) is 9.36 Å². The van der Waals surface area contributed by atoms with E-state index in [2.05, 4.69) is 71.0 Å². The van der Waals surface area contributed by atoms with Crippen molar-refractivity contribution in [1.29, 1.82) is 0 Å². The summed E-state index contributed by atoms with van der Waals surface area (Å²) in [6.07, 6.45) is 11.5. The smallest absolute Gasteiger partial charge is 0.269 e. The van der Waals surface area contributed by atoms with Crippen LogP contribution in [0.2, 0.25) is 0 Å². The summed E-state index contributed by atoms with van der Waals surface area (Å²) >= 11 is 1.83. The van der Waals surface area contributed by atoms with Crippen molar-refractivity contribution in [2.75, 3.05) is 6.54 Å². The van der Waals surface area contributed by atoms with Crippen molar-refractivity contribution in [3.05, 3.63) is 96.6 Å². The molecular weight excluding hydrogens is 450 g/mol. The minimum atomic E-state index is -0.0871. The standard InChI is InChI=1S/C30H27N3OS/c34-30(32-17-16-21-8-2-1-3-9-21)27-19-31-20-33(27)23-11-6-10-22(18-23)24-13-7-14-26-25-12-4-5-15-28(25)35-29(24)26/h4-8,10-15,18-20H,1-3,9,16-17H2,(H,32,34).